The van der Waals surface area contributed by atoms with Gasteiger partial charge in [0.1, 0.15) is 10.3 Å². The van der Waals surface area contributed by atoms with Crippen LogP contribution in [0.15, 0.2) is 41.1 Å². The first-order valence-corrected chi connectivity index (χ1v) is 10.8. The van der Waals surface area contributed by atoms with Crippen LogP contribution in [0.25, 0.3) is 5.82 Å². The van der Waals surface area contributed by atoms with Crippen LogP contribution in [0.5, 0.6) is 0 Å². The van der Waals surface area contributed by atoms with Crippen LogP contribution < -0.4 is 10.7 Å². The zero-order chi connectivity index (χ0) is 24.3. The summed E-state index contributed by atoms with van der Waals surface area (Å²) < 4.78 is 1.65. The van der Waals surface area contributed by atoms with Crippen LogP contribution in [0.1, 0.15) is 26.4 Å². The number of ketones is 1. The quantitative estimate of drug-likeness (QED) is 0.294. The first-order chi connectivity index (χ1) is 15.6. The fraction of sp³-hybridized carbons (Fsp3) is 0.150. The van der Waals surface area contributed by atoms with Crippen LogP contribution in [-0.4, -0.2) is 56.3 Å². The average Bonchev–Trinajstić information content (AvgIpc) is 3.10. The fourth-order valence-corrected chi connectivity index (χ4v) is 3.87. The standard InChI is InChI=1S/C20H17BrCl2N6O4/c1-10-6-11(22)7-12(15(30)9-28(2)27-20(32)33)17(10)25-19(31)14-8-16(21)26-29(14)18-13(23)4-3-5-24-18/h3-8,27H,9H2,1-2H3,(H,25,31)(H,32,33). The number of carboxylic acid groups (broad SMARTS) is 1. The summed E-state index contributed by atoms with van der Waals surface area (Å²) in [4.78, 5) is 41.1. The fourth-order valence-electron chi connectivity index (χ4n) is 3.02. The molecule has 0 unspecified atom stereocenters. The number of nitrogens with one attached hydrogen (secondary N) is 2. The Bertz CT molecular complexity index is 1250. The Morgan fingerprint density at radius 1 is 1.24 bits per heavy atom. The molecule has 0 saturated carbocycles. The Labute approximate surface area is 206 Å². The summed E-state index contributed by atoms with van der Waals surface area (Å²) in [6.45, 7) is 1.39. The summed E-state index contributed by atoms with van der Waals surface area (Å²) in [7, 11) is 1.40. The molecule has 2 heterocycles. The summed E-state index contributed by atoms with van der Waals surface area (Å²) in [6, 6.07) is 7.75. The van der Waals surface area contributed by atoms with E-state index in [2.05, 4.69) is 36.8 Å². The number of rotatable bonds is 7. The molecule has 2 aromatic heterocycles. The lowest BCUT2D eigenvalue weighted by atomic mass is 10.0. The second-order valence-corrected chi connectivity index (χ2v) is 8.52. The van der Waals surface area contributed by atoms with Crippen molar-refractivity contribution in [3.05, 3.63) is 68.0 Å². The molecule has 0 aliphatic heterocycles. The molecule has 0 atom stereocenters. The molecule has 0 saturated heterocycles. The number of nitrogens with zero attached hydrogens (tertiary/aromatic N) is 4. The molecule has 2 amide bonds. The van der Waals surface area contributed by atoms with E-state index in [0.717, 1.165) is 5.01 Å². The number of hydrogen-bond acceptors (Lipinski definition) is 6. The molecule has 0 aliphatic carbocycles. The van der Waals surface area contributed by atoms with Gasteiger partial charge in [0.2, 0.25) is 0 Å². The first kappa shape index (κ1) is 24.6. The van der Waals surface area contributed by atoms with Crippen molar-refractivity contribution in [1.82, 2.24) is 25.2 Å². The summed E-state index contributed by atoms with van der Waals surface area (Å²) >= 11 is 15.6. The maximum Gasteiger partial charge on any atom is 0.419 e. The molecule has 10 nitrogen and oxygen atoms in total. The van der Waals surface area contributed by atoms with Crippen molar-refractivity contribution in [3.8, 4) is 5.82 Å². The number of hydrazine groups is 1. The predicted molar refractivity (Wildman–Crippen MR) is 126 cm³/mol. The predicted octanol–water partition coefficient (Wildman–Crippen LogP) is 4.19. The highest BCUT2D eigenvalue weighted by molar-refractivity contribution is 9.10. The van der Waals surface area contributed by atoms with Gasteiger partial charge in [-0.3, -0.25) is 15.0 Å². The highest BCUT2D eigenvalue weighted by Gasteiger charge is 2.23. The van der Waals surface area contributed by atoms with Gasteiger partial charge in [0, 0.05) is 29.9 Å². The van der Waals surface area contributed by atoms with Gasteiger partial charge in [-0.15, -0.1) is 0 Å². The topological polar surface area (TPSA) is 129 Å². The molecule has 3 N–H and O–H groups in total. The monoisotopic (exact) mass is 554 g/mol. The summed E-state index contributed by atoms with van der Waals surface area (Å²) in [5, 5.41) is 17.5. The molecule has 33 heavy (non-hydrogen) atoms. The molecule has 0 spiro atoms. The Morgan fingerprint density at radius 3 is 2.64 bits per heavy atom. The van der Waals surface area contributed by atoms with Crippen molar-refractivity contribution in [2.45, 2.75) is 6.92 Å². The van der Waals surface area contributed by atoms with Gasteiger partial charge in [-0.05, 0) is 52.7 Å². The first-order valence-electron chi connectivity index (χ1n) is 9.28. The van der Waals surface area contributed by atoms with E-state index in [-0.39, 0.29) is 39.4 Å². The molecule has 1 aromatic carbocycles. The maximum atomic E-state index is 13.2. The third-order valence-corrected chi connectivity index (χ3v) is 5.26. The van der Waals surface area contributed by atoms with E-state index in [4.69, 9.17) is 28.3 Å². The van der Waals surface area contributed by atoms with Crippen molar-refractivity contribution in [2.24, 2.45) is 0 Å². The minimum atomic E-state index is -1.31. The zero-order valence-electron chi connectivity index (χ0n) is 17.3. The number of pyridine rings is 1. The smallest absolute Gasteiger partial charge is 0.419 e. The number of anilines is 1. The van der Waals surface area contributed by atoms with Crippen molar-refractivity contribution in [1.29, 1.82) is 0 Å². The normalized spacial score (nSPS) is 10.8. The van der Waals surface area contributed by atoms with E-state index in [1.807, 2.05) is 0 Å². The van der Waals surface area contributed by atoms with Gasteiger partial charge in [-0.25, -0.2) is 19.5 Å². The summed E-state index contributed by atoms with van der Waals surface area (Å²) in [5.41, 5.74) is 3.06. The number of halogens is 3. The molecule has 0 bridgehead atoms. The van der Waals surface area contributed by atoms with Crippen LogP contribution in [0.2, 0.25) is 10.0 Å². The number of aryl methyl sites for hydroxylation is 1. The Kier molecular flexibility index (Phi) is 7.69. The number of carbonyl (C=O) groups excluding carboxylic acids is 2. The molecular weight excluding hydrogens is 539 g/mol. The Hall–Kier alpha value is -2.99. The van der Waals surface area contributed by atoms with E-state index in [0.29, 0.717) is 10.2 Å². The molecule has 13 heteroatoms. The molecule has 3 aromatic rings. The van der Waals surface area contributed by atoms with E-state index >= 15 is 0 Å². The van der Waals surface area contributed by atoms with Gasteiger partial charge in [0.05, 0.1) is 17.3 Å². The van der Waals surface area contributed by atoms with Gasteiger partial charge < -0.3 is 10.4 Å². The van der Waals surface area contributed by atoms with Gasteiger partial charge in [-0.1, -0.05) is 23.2 Å². The second-order valence-electron chi connectivity index (χ2n) is 6.87. The third kappa shape index (κ3) is 5.88. The molecule has 0 aliphatic rings. The van der Waals surface area contributed by atoms with Crippen molar-refractivity contribution >= 4 is 62.6 Å². The van der Waals surface area contributed by atoms with Crippen LogP contribution in [0.4, 0.5) is 10.5 Å². The highest BCUT2D eigenvalue weighted by Crippen LogP contribution is 2.28. The number of Topliss-reactive ketones (excluding diaryl/α,β-unsaturated/α-hetero) is 1. The van der Waals surface area contributed by atoms with Gasteiger partial charge in [0.15, 0.2) is 11.6 Å². The van der Waals surface area contributed by atoms with Gasteiger partial charge in [-0.2, -0.15) is 5.10 Å². The lowest BCUT2D eigenvalue weighted by Gasteiger charge is -2.18. The van der Waals surface area contributed by atoms with Crippen LogP contribution >= 0.6 is 39.1 Å². The largest absolute Gasteiger partial charge is 0.464 e. The average molecular weight is 556 g/mol. The number of likely N-dealkylation sites (N-methyl/N-ethyl adjacent to an activating group) is 1. The van der Waals surface area contributed by atoms with Crippen LogP contribution in [-0.2, 0) is 0 Å². The third-order valence-electron chi connectivity index (χ3n) is 4.36. The number of benzene rings is 1. The Morgan fingerprint density at radius 2 is 1.97 bits per heavy atom. The molecule has 0 fully saturated rings. The minimum Gasteiger partial charge on any atom is -0.464 e. The highest BCUT2D eigenvalue weighted by atomic mass is 79.9. The lowest BCUT2D eigenvalue weighted by molar-refractivity contribution is 0.0909. The lowest BCUT2D eigenvalue weighted by Crippen LogP contribution is -2.41. The van der Waals surface area contributed by atoms with E-state index in [9.17, 15) is 14.4 Å². The molecule has 0 radical (unpaired) electrons. The summed E-state index contributed by atoms with van der Waals surface area (Å²) in [5.74, 6) is -0.790. The molecule has 172 valence electrons. The number of carbonyl (C=O) groups is 3. The molecule has 3 rings (SSSR count). The van der Waals surface area contributed by atoms with Crippen LogP contribution in [0, 0.1) is 6.92 Å². The second kappa shape index (κ2) is 10.3. The van der Waals surface area contributed by atoms with Crippen molar-refractivity contribution in [2.75, 3.05) is 18.9 Å². The number of amides is 2. The van der Waals surface area contributed by atoms with Gasteiger partial charge >= 0.3 is 6.09 Å². The number of aromatic nitrogens is 3. The zero-order valence-corrected chi connectivity index (χ0v) is 20.4. The molecular formula is C20H17BrCl2N6O4. The maximum absolute atomic E-state index is 13.2. The van der Waals surface area contributed by atoms with Crippen molar-refractivity contribution < 1.29 is 19.5 Å². The van der Waals surface area contributed by atoms with Crippen molar-refractivity contribution in [3.63, 3.8) is 0 Å². The van der Waals surface area contributed by atoms with E-state index in [1.54, 1.807) is 25.1 Å². The Balaban J connectivity index is 1.96. The summed E-state index contributed by atoms with van der Waals surface area (Å²) in [6.07, 6.45) is 0.202. The van der Waals surface area contributed by atoms with Crippen LogP contribution in [0.3, 0.4) is 0 Å². The number of hydrogen-bond donors (Lipinski definition) is 3. The van der Waals surface area contributed by atoms with Gasteiger partial charge in [0.25, 0.3) is 5.91 Å². The minimum absolute atomic E-state index is 0.111. The van der Waals surface area contributed by atoms with E-state index in [1.165, 1.54) is 30.1 Å². The SMILES string of the molecule is Cc1cc(Cl)cc(C(=O)CN(C)NC(=O)O)c1NC(=O)c1cc(Br)nn1-c1ncccc1Cl. The van der Waals surface area contributed by atoms with E-state index < -0.39 is 17.8 Å².